The minimum atomic E-state index is -1.30. The number of ketones is 1. The van der Waals surface area contributed by atoms with Gasteiger partial charge in [0.1, 0.15) is 18.2 Å². The number of benzene rings is 2. The molecule has 0 saturated carbocycles. The lowest BCUT2D eigenvalue weighted by Crippen LogP contribution is -2.43. The summed E-state index contributed by atoms with van der Waals surface area (Å²) in [6.45, 7) is 3.98. The van der Waals surface area contributed by atoms with Gasteiger partial charge in [-0.3, -0.25) is 9.18 Å². The number of ether oxygens (including phenoxy) is 2. The summed E-state index contributed by atoms with van der Waals surface area (Å²) in [6.07, 6.45) is -1.30. The first kappa shape index (κ1) is 19.5. The molecule has 25 heavy (non-hydrogen) atoms. The van der Waals surface area contributed by atoms with Crippen molar-refractivity contribution in [3.8, 4) is 11.5 Å². The van der Waals surface area contributed by atoms with E-state index in [0.717, 1.165) is 5.56 Å². The van der Waals surface area contributed by atoms with E-state index in [1.807, 2.05) is 0 Å². The number of alkyl halides is 1. The van der Waals surface area contributed by atoms with Gasteiger partial charge in [0.2, 0.25) is 5.78 Å². The first-order chi connectivity index (χ1) is 11.7. The summed E-state index contributed by atoms with van der Waals surface area (Å²) in [4.78, 5) is 12.7. The van der Waals surface area contributed by atoms with Crippen molar-refractivity contribution < 1.29 is 18.7 Å². The minimum absolute atomic E-state index is 0.393. The highest BCUT2D eigenvalue weighted by Crippen LogP contribution is 2.28. The van der Waals surface area contributed by atoms with E-state index in [2.05, 4.69) is 0 Å². The maximum atomic E-state index is 13.3. The van der Waals surface area contributed by atoms with E-state index in [9.17, 15) is 9.18 Å². The molecule has 1 atom stereocenters. The normalized spacial score (nSPS) is 12.6. The van der Waals surface area contributed by atoms with E-state index in [1.165, 1.54) is 13.8 Å². The molecule has 0 amide bonds. The van der Waals surface area contributed by atoms with Crippen LogP contribution in [0.4, 0.5) is 4.39 Å². The fourth-order valence-corrected chi connectivity index (χ4v) is 2.37. The van der Waals surface area contributed by atoms with Gasteiger partial charge in [0.05, 0.1) is 5.41 Å². The summed E-state index contributed by atoms with van der Waals surface area (Å²) in [5.74, 6) is 0.328. The number of carbonyl (C=O) groups is 1. The number of aryl methyl sites for hydroxylation is 1. The molecule has 0 spiro atoms. The second-order valence-corrected chi connectivity index (χ2v) is 7.19. The summed E-state index contributed by atoms with van der Waals surface area (Å²) >= 11 is 11.8. The molecule has 0 radical (unpaired) electrons. The van der Waals surface area contributed by atoms with Crippen LogP contribution >= 0.6 is 23.2 Å². The van der Waals surface area contributed by atoms with E-state index in [1.54, 1.807) is 49.4 Å². The van der Waals surface area contributed by atoms with Crippen LogP contribution in [-0.4, -0.2) is 18.7 Å². The smallest absolute Gasteiger partial charge is 0.301 e. The molecule has 2 rings (SSSR count). The van der Waals surface area contributed by atoms with Crippen LogP contribution < -0.4 is 9.47 Å². The van der Waals surface area contributed by atoms with Crippen LogP contribution in [0, 0.1) is 12.3 Å². The van der Waals surface area contributed by atoms with Crippen LogP contribution in [0.15, 0.2) is 42.5 Å². The molecule has 2 aromatic rings. The number of hydrogen-bond donors (Lipinski definition) is 0. The molecule has 0 aliphatic heterocycles. The summed E-state index contributed by atoms with van der Waals surface area (Å²) in [5, 5.41) is 1.09. The highest BCUT2D eigenvalue weighted by Gasteiger charge is 2.37. The molecule has 0 aliphatic carbocycles. The third-order valence-corrected chi connectivity index (χ3v) is 4.13. The fourth-order valence-electron chi connectivity index (χ4n) is 2.01. The lowest BCUT2D eigenvalue weighted by Gasteiger charge is -2.27. The van der Waals surface area contributed by atoms with Gasteiger partial charge < -0.3 is 9.47 Å². The Hall–Kier alpha value is -1.78. The summed E-state index contributed by atoms with van der Waals surface area (Å²) in [6, 6.07) is 11.5. The average molecular weight is 385 g/mol. The molecular weight excluding hydrogens is 366 g/mol. The minimum Gasteiger partial charge on any atom is -0.448 e. The predicted octanol–water partition coefficient (Wildman–Crippen LogP) is 5.65. The van der Waals surface area contributed by atoms with Crippen molar-refractivity contribution in [2.45, 2.75) is 27.1 Å². The van der Waals surface area contributed by atoms with Gasteiger partial charge in [-0.15, -0.1) is 0 Å². The number of carbonyl (C=O) groups excluding carboxylic acids is 1. The van der Waals surface area contributed by atoms with E-state index in [4.69, 9.17) is 32.7 Å². The SMILES string of the molecule is Cc1cc(Cl)ccc1OC(Oc1ccc(Cl)cc1)C(=O)C(C)(C)CF. The Balaban J connectivity index is 2.30. The molecular formula is C19H19Cl2FO3. The molecule has 0 aliphatic rings. The van der Waals surface area contributed by atoms with E-state index in [0.29, 0.717) is 21.5 Å². The first-order valence-corrected chi connectivity index (χ1v) is 8.44. The fraction of sp³-hybridized carbons (Fsp3) is 0.316. The lowest BCUT2D eigenvalue weighted by atomic mass is 9.89. The molecule has 0 N–H and O–H groups in total. The zero-order valence-electron chi connectivity index (χ0n) is 14.2. The van der Waals surface area contributed by atoms with Gasteiger partial charge in [-0.2, -0.15) is 0 Å². The highest BCUT2D eigenvalue weighted by atomic mass is 35.5. The zero-order valence-corrected chi connectivity index (χ0v) is 15.7. The van der Waals surface area contributed by atoms with Crippen molar-refractivity contribution in [3.05, 3.63) is 58.1 Å². The Bertz CT molecular complexity index is 745. The van der Waals surface area contributed by atoms with Gasteiger partial charge in [-0.05, 0) is 55.0 Å². The van der Waals surface area contributed by atoms with Gasteiger partial charge in [0.25, 0.3) is 0 Å². The van der Waals surface area contributed by atoms with Gasteiger partial charge in [-0.1, -0.05) is 37.0 Å². The Morgan fingerprint density at radius 3 is 2.24 bits per heavy atom. The lowest BCUT2D eigenvalue weighted by molar-refractivity contribution is -0.147. The molecule has 134 valence electrons. The number of hydrogen-bond acceptors (Lipinski definition) is 3. The second kappa shape index (κ2) is 8.07. The third kappa shape index (κ3) is 5.10. The summed E-state index contributed by atoms with van der Waals surface area (Å²) in [5.41, 5.74) is -0.500. The molecule has 2 aromatic carbocycles. The monoisotopic (exact) mass is 384 g/mol. The standard InChI is InChI=1S/C19H19Cl2FO3/c1-12-10-14(21)6-9-16(12)25-18(17(23)19(2,3)11-22)24-15-7-4-13(20)5-8-15/h4-10,18H,11H2,1-3H3. The number of Topliss-reactive ketones (excluding diaryl/α,β-unsaturated/α-hetero) is 1. The van der Waals surface area contributed by atoms with Crippen LogP contribution in [-0.2, 0) is 4.79 Å². The Morgan fingerprint density at radius 2 is 1.68 bits per heavy atom. The van der Waals surface area contributed by atoms with Crippen molar-refractivity contribution in [1.82, 2.24) is 0 Å². The van der Waals surface area contributed by atoms with Gasteiger partial charge in [0.15, 0.2) is 0 Å². The molecule has 6 heteroatoms. The highest BCUT2D eigenvalue weighted by molar-refractivity contribution is 6.30. The van der Waals surface area contributed by atoms with Gasteiger partial charge in [0, 0.05) is 10.0 Å². The molecule has 0 fully saturated rings. The Labute approximate surface area is 156 Å². The molecule has 0 aromatic heterocycles. The molecule has 0 heterocycles. The van der Waals surface area contributed by atoms with Crippen molar-refractivity contribution >= 4 is 29.0 Å². The summed E-state index contributed by atoms with van der Waals surface area (Å²) in [7, 11) is 0. The predicted molar refractivity (Wildman–Crippen MR) is 97.4 cm³/mol. The van der Waals surface area contributed by atoms with E-state index in [-0.39, 0.29) is 0 Å². The van der Waals surface area contributed by atoms with Crippen molar-refractivity contribution in [2.24, 2.45) is 5.41 Å². The van der Waals surface area contributed by atoms with Crippen LogP contribution in [0.3, 0.4) is 0 Å². The molecule has 3 nitrogen and oxygen atoms in total. The van der Waals surface area contributed by atoms with Gasteiger partial charge >= 0.3 is 6.29 Å². The quantitative estimate of drug-likeness (QED) is 0.578. The van der Waals surface area contributed by atoms with Crippen LogP contribution in [0.1, 0.15) is 19.4 Å². The molecule has 0 saturated heterocycles. The van der Waals surface area contributed by atoms with Crippen LogP contribution in [0.5, 0.6) is 11.5 Å². The first-order valence-electron chi connectivity index (χ1n) is 7.68. The third-order valence-electron chi connectivity index (χ3n) is 3.64. The maximum Gasteiger partial charge on any atom is 0.301 e. The topological polar surface area (TPSA) is 35.5 Å². The van der Waals surface area contributed by atoms with E-state index < -0.39 is 24.2 Å². The maximum absolute atomic E-state index is 13.3. The molecule has 1 unspecified atom stereocenters. The van der Waals surface area contributed by atoms with Gasteiger partial charge in [-0.25, -0.2) is 0 Å². The number of halogens is 3. The zero-order chi connectivity index (χ0) is 18.6. The molecule has 0 bridgehead atoms. The Kier molecular flexibility index (Phi) is 6.31. The van der Waals surface area contributed by atoms with Crippen molar-refractivity contribution in [1.29, 1.82) is 0 Å². The van der Waals surface area contributed by atoms with E-state index >= 15 is 0 Å². The number of rotatable bonds is 7. The van der Waals surface area contributed by atoms with Crippen LogP contribution in [0.25, 0.3) is 0 Å². The van der Waals surface area contributed by atoms with Crippen molar-refractivity contribution in [2.75, 3.05) is 6.67 Å². The summed E-state index contributed by atoms with van der Waals surface area (Å²) < 4.78 is 24.7. The van der Waals surface area contributed by atoms with Crippen LogP contribution in [0.2, 0.25) is 10.0 Å². The second-order valence-electron chi connectivity index (χ2n) is 6.31. The Morgan fingerprint density at radius 1 is 1.08 bits per heavy atom. The largest absolute Gasteiger partial charge is 0.448 e. The average Bonchev–Trinajstić information content (AvgIpc) is 2.57. The van der Waals surface area contributed by atoms with Crippen molar-refractivity contribution in [3.63, 3.8) is 0 Å².